The predicted molar refractivity (Wildman–Crippen MR) is 74.8 cm³/mol. The minimum atomic E-state index is -0.0346. The zero-order chi connectivity index (χ0) is 14.2. The van der Waals surface area contributed by atoms with Crippen LogP contribution in [0.3, 0.4) is 0 Å². The molecule has 0 spiro atoms. The van der Waals surface area contributed by atoms with E-state index >= 15 is 0 Å². The van der Waals surface area contributed by atoms with Gasteiger partial charge >= 0.3 is 0 Å². The Hall–Kier alpha value is -1.10. The molecular weight excluding hydrogens is 254 g/mol. The molecule has 20 heavy (non-hydrogen) atoms. The summed E-state index contributed by atoms with van der Waals surface area (Å²) in [6, 6.07) is 0. The van der Waals surface area contributed by atoms with Crippen LogP contribution in [0.25, 0.3) is 0 Å². The molecule has 4 rings (SSSR count). The largest absolute Gasteiger partial charge is 0.354 e. The number of nitrogens with two attached hydrogens (primary N) is 1. The van der Waals surface area contributed by atoms with Crippen LogP contribution in [-0.2, 0) is 9.59 Å². The number of carbonyl (C=O) groups excluding carboxylic acids is 2. The van der Waals surface area contributed by atoms with Gasteiger partial charge in [-0.3, -0.25) is 9.59 Å². The molecule has 4 saturated carbocycles. The third kappa shape index (κ3) is 2.82. The van der Waals surface area contributed by atoms with E-state index in [1.54, 1.807) is 12.4 Å². The molecule has 0 radical (unpaired) electrons. The second-order valence-electron chi connectivity index (χ2n) is 7.12. The minimum absolute atomic E-state index is 0.0346. The average Bonchev–Trinajstić information content (AvgIpc) is 2.36. The first-order chi connectivity index (χ1) is 9.58. The van der Waals surface area contributed by atoms with Crippen molar-refractivity contribution in [3.63, 3.8) is 0 Å². The van der Waals surface area contributed by atoms with Crippen LogP contribution in [-0.4, -0.2) is 37.5 Å². The second-order valence-corrected chi connectivity index (χ2v) is 7.12. The van der Waals surface area contributed by atoms with Crippen LogP contribution in [0.1, 0.15) is 38.5 Å². The van der Waals surface area contributed by atoms with Gasteiger partial charge in [0.05, 0.1) is 0 Å². The molecule has 0 atom stereocenters. The number of rotatable bonds is 5. The highest BCUT2D eigenvalue weighted by Crippen LogP contribution is 2.55. The first-order valence-corrected chi connectivity index (χ1v) is 7.92. The van der Waals surface area contributed by atoms with Crippen LogP contribution in [0.2, 0.25) is 0 Å². The van der Waals surface area contributed by atoms with Crippen LogP contribution in [0.15, 0.2) is 0 Å². The lowest BCUT2D eigenvalue weighted by atomic mass is 9.53. The number of quaternary nitrogens is 1. The lowest BCUT2D eigenvalue weighted by Gasteiger charge is -2.56. The highest BCUT2D eigenvalue weighted by Gasteiger charge is 2.51. The molecular formula is C15H26N3O2+. The Kier molecular flexibility index (Phi) is 3.71. The van der Waals surface area contributed by atoms with E-state index in [-0.39, 0.29) is 17.4 Å². The van der Waals surface area contributed by atoms with Crippen molar-refractivity contribution < 1.29 is 14.9 Å². The molecule has 4 fully saturated rings. The molecule has 0 aromatic carbocycles. The fraction of sp³-hybridized carbons (Fsp3) is 0.867. The average molecular weight is 280 g/mol. The Bertz CT molecular complexity index is 373. The molecule has 0 aromatic heterocycles. The van der Waals surface area contributed by atoms with Crippen molar-refractivity contribution in [2.24, 2.45) is 17.8 Å². The summed E-state index contributed by atoms with van der Waals surface area (Å²) in [5, 5.41) is 7.65. The van der Waals surface area contributed by atoms with Crippen molar-refractivity contribution in [3.8, 4) is 0 Å². The molecule has 0 saturated heterocycles. The van der Waals surface area contributed by atoms with E-state index in [1.807, 2.05) is 0 Å². The van der Waals surface area contributed by atoms with Crippen molar-refractivity contribution in [1.82, 2.24) is 10.6 Å². The van der Waals surface area contributed by atoms with E-state index in [0.717, 1.165) is 17.8 Å². The summed E-state index contributed by atoms with van der Waals surface area (Å²) >= 11 is 0. The molecule has 112 valence electrons. The van der Waals surface area contributed by atoms with Crippen molar-refractivity contribution in [3.05, 3.63) is 0 Å². The summed E-state index contributed by atoms with van der Waals surface area (Å²) in [4.78, 5) is 23.3. The SMILES string of the molecule is CNC(=O)C[NH2+]CC(=O)NC12CC3CC(CC(C3)C1)C2. The number of amides is 2. The van der Waals surface area contributed by atoms with Crippen molar-refractivity contribution in [1.29, 1.82) is 0 Å². The molecule has 4 N–H and O–H groups in total. The van der Waals surface area contributed by atoms with E-state index in [2.05, 4.69) is 10.6 Å². The summed E-state index contributed by atoms with van der Waals surface area (Å²) in [7, 11) is 1.62. The van der Waals surface area contributed by atoms with Gasteiger partial charge in [0.2, 0.25) is 0 Å². The Balaban J connectivity index is 1.50. The Morgan fingerprint density at radius 1 is 1.00 bits per heavy atom. The Labute approximate surface area is 120 Å². The molecule has 0 aromatic rings. The molecule has 0 unspecified atom stereocenters. The summed E-state index contributed by atoms with van der Waals surface area (Å²) in [6.45, 7) is 0.681. The van der Waals surface area contributed by atoms with Crippen molar-refractivity contribution in [2.45, 2.75) is 44.1 Å². The van der Waals surface area contributed by atoms with Gasteiger partial charge in [-0.25, -0.2) is 0 Å². The Morgan fingerprint density at radius 2 is 1.50 bits per heavy atom. The maximum Gasteiger partial charge on any atom is 0.275 e. The molecule has 4 bridgehead atoms. The number of nitrogens with one attached hydrogen (secondary N) is 2. The molecule has 0 aliphatic heterocycles. The van der Waals surface area contributed by atoms with Crippen LogP contribution < -0.4 is 16.0 Å². The topological polar surface area (TPSA) is 74.8 Å². The molecule has 2 amide bonds. The fourth-order valence-electron chi connectivity index (χ4n) is 5.05. The number of hydrogen-bond donors (Lipinski definition) is 3. The highest BCUT2D eigenvalue weighted by atomic mass is 16.2. The van der Waals surface area contributed by atoms with Crippen LogP contribution in [0.5, 0.6) is 0 Å². The van der Waals surface area contributed by atoms with Gasteiger partial charge in [-0.2, -0.15) is 0 Å². The van der Waals surface area contributed by atoms with Gasteiger partial charge in [0.1, 0.15) is 0 Å². The van der Waals surface area contributed by atoms with Gasteiger partial charge in [-0.1, -0.05) is 0 Å². The van der Waals surface area contributed by atoms with Crippen LogP contribution in [0, 0.1) is 17.8 Å². The van der Waals surface area contributed by atoms with E-state index in [9.17, 15) is 9.59 Å². The molecule has 0 heterocycles. The minimum Gasteiger partial charge on any atom is -0.354 e. The first kappa shape index (κ1) is 13.9. The number of likely N-dealkylation sites (N-methyl/N-ethyl adjacent to an activating group) is 1. The van der Waals surface area contributed by atoms with Crippen LogP contribution >= 0.6 is 0 Å². The molecule has 5 nitrogen and oxygen atoms in total. The third-order valence-corrected chi connectivity index (χ3v) is 5.38. The first-order valence-electron chi connectivity index (χ1n) is 7.92. The maximum atomic E-state index is 12.1. The number of hydrogen-bond acceptors (Lipinski definition) is 2. The molecule has 4 aliphatic rings. The normalized spacial score (nSPS) is 37.8. The van der Waals surface area contributed by atoms with Crippen molar-refractivity contribution in [2.75, 3.05) is 20.1 Å². The van der Waals surface area contributed by atoms with Crippen LogP contribution in [0.4, 0.5) is 0 Å². The predicted octanol–water partition coefficient (Wildman–Crippen LogP) is -0.619. The van der Waals surface area contributed by atoms with E-state index in [0.29, 0.717) is 13.1 Å². The summed E-state index contributed by atoms with van der Waals surface area (Å²) in [6.07, 6.45) is 7.70. The molecule has 5 heteroatoms. The zero-order valence-corrected chi connectivity index (χ0v) is 12.3. The standard InChI is InChI=1S/C15H25N3O2/c1-16-13(19)8-17-9-14(20)18-15-5-10-2-11(6-15)4-12(3-10)7-15/h10-12,17H,2-9H2,1H3,(H,16,19)(H,18,20)/p+1. The van der Waals surface area contributed by atoms with Gasteiger partial charge in [0.15, 0.2) is 13.1 Å². The fourth-order valence-corrected chi connectivity index (χ4v) is 5.05. The zero-order valence-electron chi connectivity index (χ0n) is 12.3. The van der Waals surface area contributed by atoms with E-state index in [4.69, 9.17) is 0 Å². The maximum absolute atomic E-state index is 12.1. The monoisotopic (exact) mass is 280 g/mol. The van der Waals surface area contributed by atoms with Gasteiger partial charge in [0, 0.05) is 12.6 Å². The lowest BCUT2D eigenvalue weighted by Crippen LogP contribution is -2.89. The quantitative estimate of drug-likeness (QED) is 0.628. The van der Waals surface area contributed by atoms with Gasteiger partial charge in [-0.15, -0.1) is 0 Å². The van der Waals surface area contributed by atoms with Gasteiger partial charge < -0.3 is 16.0 Å². The second kappa shape index (κ2) is 5.35. The summed E-state index contributed by atoms with van der Waals surface area (Å²) < 4.78 is 0. The van der Waals surface area contributed by atoms with Gasteiger partial charge in [-0.05, 0) is 56.3 Å². The third-order valence-electron chi connectivity index (χ3n) is 5.38. The summed E-state index contributed by atoms with van der Waals surface area (Å²) in [5.74, 6) is 2.59. The smallest absolute Gasteiger partial charge is 0.275 e. The highest BCUT2D eigenvalue weighted by molar-refractivity contribution is 5.79. The number of carbonyl (C=O) groups is 2. The van der Waals surface area contributed by atoms with E-state index in [1.165, 1.54) is 38.5 Å². The van der Waals surface area contributed by atoms with E-state index < -0.39 is 0 Å². The van der Waals surface area contributed by atoms with Crippen molar-refractivity contribution >= 4 is 11.8 Å². The summed E-state index contributed by atoms with van der Waals surface area (Å²) in [5.41, 5.74) is 0.0900. The van der Waals surface area contributed by atoms with Gasteiger partial charge in [0.25, 0.3) is 11.8 Å². The Morgan fingerprint density at radius 3 is 2.00 bits per heavy atom. The molecule has 4 aliphatic carbocycles. The lowest BCUT2D eigenvalue weighted by molar-refractivity contribution is -0.633.